The fourth-order valence-electron chi connectivity index (χ4n) is 2.82. The van der Waals surface area contributed by atoms with Crippen LogP contribution < -0.4 is 10.1 Å². The predicted molar refractivity (Wildman–Crippen MR) is 86.9 cm³/mol. The van der Waals surface area contributed by atoms with Gasteiger partial charge in [0.05, 0.1) is 12.7 Å². The van der Waals surface area contributed by atoms with Crippen molar-refractivity contribution in [2.75, 3.05) is 0 Å². The molecule has 0 atom stereocenters. The molecule has 0 amide bonds. The second-order valence-corrected chi connectivity index (χ2v) is 5.49. The Morgan fingerprint density at radius 2 is 1.73 bits per heavy atom. The largest absolute Gasteiger partial charge is 0.373 e. The second kappa shape index (κ2) is 4.64. The van der Waals surface area contributed by atoms with Crippen LogP contribution in [0, 0.1) is 4.77 Å². The van der Waals surface area contributed by atoms with Crippen LogP contribution in [0.15, 0.2) is 59.4 Å². The molecule has 2 aromatic carbocycles. The molecular weight excluding hydrogens is 296 g/mol. The molecule has 0 bridgehead atoms. The number of H-pyrrole nitrogens is 1. The lowest BCUT2D eigenvalue weighted by Gasteiger charge is -2.04. The lowest BCUT2D eigenvalue weighted by molar-refractivity contribution is -0.619. The Bertz CT molecular complexity index is 1120. The number of aromatic amines is 1. The Labute approximate surface area is 130 Å². The van der Waals surface area contributed by atoms with Gasteiger partial charge in [-0.1, -0.05) is 30.3 Å². The van der Waals surface area contributed by atoms with Gasteiger partial charge in [-0.25, -0.2) is 9.13 Å². The molecule has 0 saturated heterocycles. The standard InChI is InChI=1S/C16H12N4OS/c1-18-12-9-5-6-10-13(12)20-14(18)15(21)19(16(22)17-20)11-7-3-2-4-8-11/h2-10H,1H3/p+1. The first-order valence-electron chi connectivity index (χ1n) is 6.88. The van der Waals surface area contributed by atoms with Gasteiger partial charge in [-0.2, -0.15) is 5.10 Å². The van der Waals surface area contributed by atoms with Gasteiger partial charge in [-0.05, 0) is 36.5 Å². The molecule has 108 valence electrons. The van der Waals surface area contributed by atoms with E-state index in [1.54, 1.807) is 4.52 Å². The molecule has 0 unspecified atom stereocenters. The van der Waals surface area contributed by atoms with Crippen LogP contribution >= 0.6 is 12.2 Å². The summed E-state index contributed by atoms with van der Waals surface area (Å²) >= 11 is 5.40. The Hall–Kier alpha value is -2.73. The summed E-state index contributed by atoms with van der Waals surface area (Å²) in [6.45, 7) is 0. The normalized spacial score (nSPS) is 11.3. The zero-order valence-electron chi connectivity index (χ0n) is 11.9. The van der Waals surface area contributed by atoms with Crippen molar-refractivity contribution in [1.29, 1.82) is 0 Å². The van der Waals surface area contributed by atoms with E-state index in [4.69, 9.17) is 12.2 Å². The fourth-order valence-corrected chi connectivity index (χ4v) is 3.10. The van der Waals surface area contributed by atoms with Crippen molar-refractivity contribution in [1.82, 2.24) is 14.2 Å². The van der Waals surface area contributed by atoms with Crippen LogP contribution in [-0.4, -0.2) is 14.2 Å². The van der Waals surface area contributed by atoms with Crippen LogP contribution in [0.4, 0.5) is 0 Å². The van der Waals surface area contributed by atoms with Crippen molar-refractivity contribution in [3.63, 3.8) is 0 Å². The SMILES string of the molecule is C[n+]1c2ccccc2n2[nH]c(=S)n(-c3ccccc3)c(=O)c21. The smallest absolute Gasteiger partial charge is 0.259 e. The summed E-state index contributed by atoms with van der Waals surface area (Å²) in [6.07, 6.45) is 0. The third-order valence-electron chi connectivity index (χ3n) is 3.83. The molecule has 0 aliphatic heterocycles. The number of nitrogens with one attached hydrogen (secondary N) is 1. The van der Waals surface area contributed by atoms with E-state index < -0.39 is 0 Å². The predicted octanol–water partition coefficient (Wildman–Crippen LogP) is 2.13. The third-order valence-corrected chi connectivity index (χ3v) is 4.11. The van der Waals surface area contributed by atoms with E-state index in [1.807, 2.05) is 66.2 Å². The minimum absolute atomic E-state index is 0.145. The summed E-state index contributed by atoms with van der Waals surface area (Å²) in [7, 11) is 1.88. The lowest BCUT2D eigenvalue weighted by atomic mass is 10.3. The van der Waals surface area contributed by atoms with Crippen LogP contribution in [0.3, 0.4) is 0 Å². The Morgan fingerprint density at radius 1 is 1.05 bits per heavy atom. The van der Waals surface area contributed by atoms with Crippen molar-refractivity contribution in [2.24, 2.45) is 7.05 Å². The summed E-state index contributed by atoms with van der Waals surface area (Å²) in [5.41, 5.74) is 3.04. The average Bonchev–Trinajstić information content (AvgIpc) is 2.82. The molecule has 6 heteroatoms. The molecular formula is C16H13N4OS+. The van der Waals surface area contributed by atoms with Crippen LogP contribution in [-0.2, 0) is 7.05 Å². The molecule has 0 aliphatic rings. The monoisotopic (exact) mass is 309 g/mol. The second-order valence-electron chi connectivity index (χ2n) is 5.10. The van der Waals surface area contributed by atoms with Gasteiger partial charge in [-0.15, -0.1) is 4.52 Å². The fraction of sp³-hybridized carbons (Fsp3) is 0.0625. The van der Waals surface area contributed by atoms with E-state index in [-0.39, 0.29) is 5.56 Å². The van der Waals surface area contributed by atoms with Crippen molar-refractivity contribution < 1.29 is 4.57 Å². The molecule has 4 rings (SSSR count). The Morgan fingerprint density at radius 3 is 2.50 bits per heavy atom. The number of nitrogens with zero attached hydrogens (tertiary/aromatic N) is 3. The van der Waals surface area contributed by atoms with Gasteiger partial charge < -0.3 is 0 Å². The van der Waals surface area contributed by atoms with E-state index in [2.05, 4.69) is 5.10 Å². The molecule has 22 heavy (non-hydrogen) atoms. The van der Waals surface area contributed by atoms with Crippen LogP contribution in [0.5, 0.6) is 0 Å². The summed E-state index contributed by atoms with van der Waals surface area (Å²) in [6, 6.07) is 17.2. The number of fused-ring (bicyclic) bond motifs is 3. The lowest BCUT2D eigenvalue weighted by Crippen LogP contribution is -2.36. The van der Waals surface area contributed by atoms with Crippen LogP contribution in [0.2, 0.25) is 0 Å². The van der Waals surface area contributed by atoms with E-state index in [0.29, 0.717) is 10.4 Å². The summed E-state index contributed by atoms with van der Waals surface area (Å²) in [5, 5.41) is 3.14. The molecule has 1 N–H and O–H groups in total. The number of rotatable bonds is 1. The van der Waals surface area contributed by atoms with Crippen LogP contribution in [0.1, 0.15) is 0 Å². The van der Waals surface area contributed by atoms with Crippen molar-refractivity contribution in [3.8, 4) is 5.69 Å². The minimum Gasteiger partial charge on any atom is -0.259 e. The number of benzene rings is 2. The van der Waals surface area contributed by atoms with Gasteiger partial charge in [0.2, 0.25) is 10.3 Å². The molecule has 0 spiro atoms. The average molecular weight is 309 g/mol. The van der Waals surface area contributed by atoms with Crippen molar-refractivity contribution >= 4 is 28.9 Å². The van der Waals surface area contributed by atoms with E-state index >= 15 is 0 Å². The molecule has 4 aromatic rings. The van der Waals surface area contributed by atoms with Crippen molar-refractivity contribution in [3.05, 3.63) is 69.7 Å². The number of hydrogen-bond donors (Lipinski definition) is 1. The number of aromatic nitrogens is 4. The zero-order valence-corrected chi connectivity index (χ0v) is 12.7. The van der Waals surface area contributed by atoms with E-state index in [1.165, 1.54) is 4.57 Å². The van der Waals surface area contributed by atoms with E-state index in [0.717, 1.165) is 16.7 Å². The molecule has 2 aromatic heterocycles. The minimum atomic E-state index is -0.145. The van der Waals surface area contributed by atoms with E-state index in [9.17, 15) is 4.79 Å². The maximum Gasteiger partial charge on any atom is 0.373 e. The maximum atomic E-state index is 13.0. The maximum absolute atomic E-state index is 13.0. The number of aryl methyl sites for hydroxylation is 1. The molecule has 0 aliphatic carbocycles. The molecule has 0 saturated carbocycles. The highest BCUT2D eigenvalue weighted by atomic mass is 32.1. The molecule has 2 heterocycles. The van der Waals surface area contributed by atoms with Gasteiger partial charge >= 0.3 is 11.2 Å². The first-order valence-corrected chi connectivity index (χ1v) is 7.29. The summed E-state index contributed by atoms with van der Waals surface area (Å²) in [5.74, 6) is 0. The highest BCUT2D eigenvalue weighted by Gasteiger charge is 2.22. The molecule has 0 radical (unpaired) electrons. The number of para-hydroxylation sites is 3. The molecule has 5 nitrogen and oxygen atoms in total. The summed E-state index contributed by atoms with van der Waals surface area (Å²) < 4.78 is 5.51. The summed E-state index contributed by atoms with van der Waals surface area (Å²) in [4.78, 5) is 13.0. The van der Waals surface area contributed by atoms with Gasteiger partial charge in [-0.3, -0.25) is 4.79 Å². The first-order chi connectivity index (χ1) is 10.7. The zero-order chi connectivity index (χ0) is 15.3. The van der Waals surface area contributed by atoms with Crippen molar-refractivity contribution in [2.45, 2.75) is 0 Å². The Balaban J connectivity index is 2.24. The van der Waals surface area contributed by atoms with Gasteiger partial charge in [0, 0.05) is 0 Å². The third kappa shape index (κ3) is 1.67. The highest BCUT2D eigenvalue weighted by Crippen LogP contribution is 2.12. The molecule has 0 fully saturated rings. The van der Waals surface area contributed by atoms with Crippen LogP contribution in [0.25, 0.3) is 22.4 Å². The van der Waals surface area contributed by atoms with Gasteiger partial charge in [0.25, 0.3) is 0 Å². The topological polar surface area (TPSA) is 46.1 Å². The number of hydrogen-bond acceptors (Lipinski definition) is 2. The van der Waals surface area contributed by atoms with Gasteiger partial charge in [0.15, 0.2) is 5.52 Å². The van der Waals surface area contributed by atoms with Gasteiger partial charge in [0.1, 0.15) is 0 Å². The highest BCUT2D eigenvalue weighted by molar-refractivity contribution is 7.71. The number of imidazole rings is 1. The first kappa shape index (κ1) is 13.0. The quantitative estimate of drug-likeness (QED) is 0.432. The Kier molecular flexibility index (Phi) is 2.74.